The highest BCUT2D eigenvalue weighted by atomic mass is 16.7. The van der Waals surface area contributed by atoms with Gasteiger partial charge in [0, 0.05) is 27.7 Å². The molecule has 2 heterocycles. The van der Waals surface area contributed by atoms with E-state index in [0.717, 1.165) is 20.8 Å². The average Bonchev–Trinajstić information content (AvgIpc) is 2.92. The van der Waals surface area contributed by atoms with Gasteiger partial charge in [0.25, 0.3) is 5.91 Å². The van der Waals surface area contributed by atoms with Gasteiger partial charge >= 0.3 is 23.9 Å². The zero-order chi connectivity index (χ0) is 29.7. The zero-order valence-electron chi connectivity index (χ0n) is 23.0. The highest BCUT2D eigenvalue weighted by molar-refractivity contribution is 5.89. The van der Waals surface area contributed by atoms with Crippen molar-refractivity contribution in [3.8, 4) is 5.75 Å². The van der Waals surface area contributed by atoms with E-state index in [4.69, 9.17) is 28.4 Å². The summed E-state index contributed by atoms with van der Waals surface area (Å²) >= 11 is 0. The van der Waals surface area contributed by atoms with Crippen LogP contribution in [-0.2, 0) is 47.7 Å². The summed E-state index contributed by atoms with van der Waals surface area (Å²) in [5, 5.41) is 0. The van der Waals surface area contributed by atoms with Crippen LogP contribution in [0.3, 0.4) is 0 Å². The topological polar surface area (TPSA) is 144 Å². The van der Waals surface area contributed by atoms with Crippen LogP contribution in [0.15, 0.2) is 60.7 Å². The number of para-hydroxylation sites is 1. The normalized spacial score (nSPS) is 27.2. The van der Waals surface area contributed by atoms with Gasteiger partial charge in [0.15, 0.2) is 24.5 Å². The minimum absolute atomic E-state index is 0.406. The van der Waals surface area contributed by atoms with Crippen LogP contribution in [0.25, 0.3) is 0 Å². The molecule has 1 amide bonds. The van der Waals surface area contributed by atoms with E-state index < -0.39 is 79.2 Å². The first kappa shape index (κ1) is 29.5. The van der Waals surface area contributed by atoms with Crippen LogP contribution in [0.5, 0.6) is 5.75 Å². The maximum Gasteiger partial charge on any atom is 0.303 e. The standard InChI is InChI=1S/C29H31NO11/c1-16(31)36-15-22-24(37-17(2)32)26(38-18(3)33)27(39-19(4)34)29(41-22)30-23(20-11-7-5-8-12-20)25(28(30)35)40-21-13-9-6-10-14-21/h5-14,22-27,29H,15H2,1-4H3. The molecule has 0 bridgehead atoms. The van der Waals surface area contributed by atoms with Crippen molar-refractivity contribution in [2.24, 2.45) is 0 Å². The molecule has 2 aliphatic heterocycles. The number of β-lactam (4-membered cyclic amide) rings is 1. The van der Waals surface area contributed by atoms with Crippen LogP contribution in [0.1, 0.15) is 39.3 Å². The minimum Gasteiger partial charge on any atom is -0.478 e. The summed E-state index contributed by atoms with van der Waals surface area (Å²) in [5.74, 6) is -2.95. The number of rotatable bonds is 9. The van der Waals surface area contributed by atoms with Crippen LogP contribution in [-0.4, -0.2) is 78.0 Å². The fourth-order valence-corrected chi connectivity index (χ4v) is 4.94. The molecule has 0 aliphatic carbocycles. The number of carbonyl (C=O) groups is 5. The zero-order valence-corrected chi connectivity index (χ0v) is 23.0. The highest BCUT2D eigenvalue weighted by Gasteiger charge is 2.61. The summed E-state index contributed by atoms with van der Waals surface area (Å²) in [5.41, 5.74) is 0.695. The van der Waals surface area contributed by atoms with E-state index in [-0.39, 0.29) is 0 Å². The van der Waals surface area contributed by atoms with Crippen LogP contribution < -0.4 is 4.74 Å². The molecular formula is C29H31NO11. The van der Waals surface area contributed by atoms with Gasteiger partial charge < -0.3 is 28.4 Å². The Morgan fingerprint density at radius 1 is 0.732 bits per heavy atom. The van der Waals surface area contributed by atoms with Gasteiger partial charge in [0.05, 0.1) is 0 Å². The maximum absolute atomic E-state index is 13.7. The predicted octanol–water partition coefficient (Wildman–Crippen LogP) is 2.10. The predicted molar refractivity (Wildman–Crippen MR) is 139 cm³/mol. The van der Waals surface area contributed by atoms with Crippen molar-refractivity contribution in [1.82, 2.24) is 4.90 Å². The molecule has 0 spiro atoms. The molecule has 2 fully saturated rings. The Balaban J connectivity index is 1.77. The summed E-state index contributed by atoms with van der Waals surface area (Å²) in [6.45, 7) is 4.18. The molecule has 2 aromatic rings. The van der Waals surface area contributed by atoms with Gasteiger partial charge in [-0.15, -0.1) is 0 Å². The molecule has 2 saturated heterocycles. The van der Waals surface area contributed by atoms with Gasteiger partial charge in [-0.25, -0.2) is 0 Å². The molecule has 0 radical (unpaired) electrons. The highest BCUT2D eigenvalue weighted by Crippen LogP contribution is 2.43. The Morgan fingerprint density at radius 3 is 1.83 bits per heavy atom. The summed E-state index contributed by atoms with van der Waals surface area (Å²) in [6.07, 6.45) is -7.66. The van der Waals surface area contributed by atoms with E-state index in [1.807, 2.05) is 12.1 Å². The van der Waals surface area contributed by atoms with Gasteiger partial charge in [0.1, 0.15) is 24.5 Å². The Kier molecular flexibility index (Phi) is 9.23. The number of esters is 4. The number of hydrogen-bond donors (Lipinski definition) is 0. The van der Waals surface area contributed by atoms with E-state index in [9.17, 15) is 24.0 Å². The number of benzene rings is 2. The second kappa shape index (κ2) is 12.8. The molecule has 0 aromatic heterocycles. The smallest absolute Gasteiger partial charge is 0.303 e. The minimum atomic E-state index is -1.41. The van der Waals surface area contributed by atoms with Crippen molar-refractivity contribution in [3.05, 3.63) is 66.2 Å². The van der Waals surface area contributed by atoms with Gasteiger partial charge in [0.2, 0.25) is 6.10 Å². The van der Waals surface area contributed by atoms with Crippen molar-refractivity contribution < 1.29 is 52.4 Å². The third kappa shape index (κ3) is 6.83. The number of carbonyl (C=O) groups excluding carboxylic acids is 5. The molecule has 0 N–H and O–H groups in total. The van der Waals surface area contributed by atoms with Crippen LogP contribution in [0, 0.1) is 0 Å². The molecule has 218 valence electrons. The first-order valence-corrected chi connectivity index (χ1v) is 13.0. The number of hydrogen-bond acceptors (Lipinski definition) is 11. The number of nitrogens with zero attached hydrogens (tertiary/aromatic N) is 1. The monoisotopic (exact) mass is 569 g/mol. The Labute approximate surface area is 236 Å². The number of amides is 1. The van der Waals surface area contributed by atoms with Crippen molar-refractivity contribution >= 4 is 29.8 Å². The number of ether oxygens (including phenoxy) is 6. The summed E-state index contributed by atoms with van der Waals surface area (Å²) in [4.78, 5) is 63.2. The molecular weight excluding hydrogens is 538 g/mol. The molecule has 7 unspecified atom stereocenters. The second-order valence-corrected chi connectivity index (χ2v) is 9.54. The third-order valence-electron chi connectivity index (χ3n) is 6.47. The molecule has 7 atom stereocenters. The molecule has 41 heavy (non-hydrogen) atoms. The Hall–Kier alpha value is -4.45. The second-order valence-electron chi connectivity index (χ2n) is 9.54. The summed E-state index contributed by atoms with van der Waals surface area (Å²) in [6, 6.07) is 17.1. The Morgan fingerprint density at radius 2 is 1.27 bits per heavy atom. The van der Waals surface area contributed by atoms with Crippen molar-refractivity contribution in [3.63, 3.8) is 0 Å². The lowest BCUT2D eigenvalue weighted by Gasteiger charge is -2.55. The molecule has 4 rings (SSSR count). The lowest BCUT2D eigenvalue weighted by Crippen LogP contribution is -2.73. The lowest BCUT2D eigenvalue weighted by atomic mass is 9.87. The third-order valence-corrected chi connectivity index (χ3v) is 6.47. The van der Waals surface area contributed by atoms with E-state index in [2.05, 4.69) is 0 Å². The van der Waals surface area contributed by atoms with Crippen molar-refractivity contribution in [2.75, 3.05) is 6.61 Å². The molecule has 2 aromatic carbocycles. The number of likely N-dealkylation sites (tertiary alicyclic amines) is 1. The van der Waals surface area contributed by atoms with Gasteiger partial charge in [-0.3, -0.25) is 28.9 Å². The summed E-state index contributed by atoms with van der Waals surface area (Å²) < 4.78 is 34.0. The maximum atomic E-state index is 13.7. The molecule has 2 aliphatic rings. The molecule has 12 heteroatoms. The van der Waals surface area contributed by atoms with Crippen LogP contribution >= 0.6 is 0 Å². The van der Waals surface area contributed by atoms with Gasteiger partial charge in [-0.2, -0.15) is 0 Å². The lowest BCUT2D eigenvalue weighted by molar-refractivity contribution is -0.291. The first-order chi connectivity index (χ1) is 19.6. The van der Waals surface area contributed by atoms with Crippen molar-refractivity contribution in [2.45, 2.75) is 70.5 Å². The average molecular weight is 570 g/mol. The Bertz CT molecular complexity index is 1270. The van der Waals surface area contributed by atoms with E-state index >= 15 is 0 Å². The van der Waals surface area contributed by atoms with Gasteiger partial charge in [-0.05, 0) is 17.7 Å². The van der Waals surface area contributed by atoms with Crippen LogP contribution in [0.2, 0.25) is 0 Å². The van der Waals surface area contributed by atoms with Gasteiger partial charge in [-0.1, -0.05) is 48.5 Å². The fraction of sp³-hybridized carbons (Fsp3) is 0.414. The SMILES string of the molecule is CC(=O)OCC1OC(N2C(=O)C(Oc3ccccc3)C2c2ccccc2)C(OC(C)=O)C(OC(C)=O)C1OC(C)=O. The van der Waals surface area contributed by atoms with Crippen LogP contribution in [0.4, 0.5) is 0 Å². The summed E-state index contributed by atoms with van der Waals surface area (Å²) in [7, 11) is 0. The largest absolute Gasteiger partial charge is 0.478 e. The van der Waals surface area contributed by atoms with E-state index in [0.29, 0.717) is 11.3 Å². The van der Waals surface area contributed by atoms with E-state index in [1.165, 1.54) is 11.8 Å². The van der Waals surface area contributed by atoms with E-state index in [1.54, 1.807) is 48.5 Å². The molecule has 0 saturated carbocycles. The fourth-order valence-electron chi connectivity index (χ4n) is 4.94. The molecule has 12 nitrogen and oxygen atoms in total. The quantitative estimate of drug-likeness (QED) is 0.249. The first-order valence-electron chi connectivity index (χ1n) is 13.0. The van der Waals surface area contributed by atoms with Crippen molar-refractivity contribution in [1.29, 1.82) is 0 Å².